The van der Waals surface area contributed by atoms with Crippen LogP contribution in [0.3, 0.4) is 0 Å². The first-order chi connectivity index (χ1) is 6.54. The number of hydrogen-bond acceptors (Lipinski definition) is 3. The standard InChI is InChI=1S/C8H9N4O2.Zn/c1-10-4-9-6-5(10)7(13)12(3)8(14)11(6)2;/h1-3H3;/q-1;. The summed E-state index contributed by atoms with van der Waals surface area (Å²) < 4.78 is 3.86. The Hall–Kier alpha value is -1.23. The number of hydrogen-bond donors (Lipinski definition) is 0. The van der Waals surface area contributed by atoms with Crippen LogP contribution in [-0.4, -0.2) is 18.7 Å². The van der Waals surface area contributed by atoms with Crippen LogP contribution in [0.1, 0.15) is 0 Å². The van der Waals surface area contributed by atoms with Crippen molar-refractivity contribution in [3.8, 4) is 0 Å². The molecule has 76 valence electrons. The van der Waals surface area contributed by atoms with Gasteiger partial charge in [-0.3, -0.25) is 9.36 Å². The van der Waals surface area contributed by atoms with Crippen molar-refractivity contribution >= 4 is 11.2 Å². The van der Waals surface area contributed by atoms with Crippen LogP contribution in [-0.2, 0) is 40.6 Å². The third-order valence-corrected chi connectivity index (χ3v) is 2.25. The maximum atomic E-state index is 11.7. The van der Waals surface area contributed by atoms with Gasteiger partial charge < -0.3 is 14.1 Å². The Bertz CT molecular complexity index is 622. The molecule has 0 radical (unpaired) electrons. The maximum absolute atomic E-state index is 11.7. The number of fused-ring (bicyclic) bond motifs is 1. The van der Waals surface area contributed by atoms with Gasteiger partial charge in [-0.2, -0.15) is 0 Å². The van der Waals surface area contributed by atoms with Gasteiger partial charge in [0.05, 0.1) is 0 Å². The van der Waals surface area contributed by atoms with Crippen LogP contribution in [0.25, 0.3) is 11.2 Å². The first-order valence-electron chi connectivity index (χ1n) is 4.04. The zero-order valence-electron chi connectivity index (χ0n) is 8.81. The van der Waals surface area contributed by atoms with Crippen molar-refractivity contribution in [2.45, 2.75) is 0 Å². The number of rotatable bonds is 0. The minimum absolute atomic E-state index is 0. The van der Waals surface area contributed by atoms with Gasteiger partial charge in [-0.15, -0.1) is 0 Å². The van der Waals surface area contributed by atoms with Crippen molar-refractivity contribution in [3.63, 3.8) is 0 Å². The molecule has 15 heavy (non-hydrogen) atoms. The van der Waals surface area contributed by atoms with Crippen molar-refractivity contribution < 1.29 is 19.5 Å². The monoisotopic (exact) mass is 257 g/mol. The summed E-state index contributed by atoms with van der Waals surface area (Å²) >= 11 is 0. The van der Waals surface area contributed by atoms with E-state index in [1.165, 1.54) is 16.2 Å². The van der Waals surface area contributed by atoms with Gasteiger partial charge in [0, 0.05) is 45.5 Å². The molecule has 0 saturated carbocycles. The molecule has 0 fully saturated rings. The molecule has 0 amide bonds. The Morgan fingerprint density at radius 2 is 1.73 bits per heavy atom. The fourth-order valence-corrected chi connectivity index (χ4v) is 1.41. The maximum Gasteiger partial charge on any atom is 0.319 e. The van der Waals surface area contributed by atoms with Crippen molar-refractivity contribution in [2.75, 3.05) is 0 Å². The SMILES string of the molecule is Cn1c(=O)c2c(n[c-]n2C)n(C)c1=O.[Zn]. The van der Waals surface area contributed by atoms with Crippen LogP contribution >= 0.6 is 0 Å². The molecule has 2 aromatic heterocycles. The average Bonchev–Trinajstić information content (AvgIpc) is 2.54. The second-order valence-corrected chi connectivity index (χ2v) is 3.15. The second-order valence-electron chi connectivity index (χ2n) is 3.15. The third kappa shape index (κ3) is 1.47. The van der Waals surface area contributed by atoms with Crippen molar-refractivity contribution in [2.24, 2.45) is 21.1 Å². The summed E-state index contributed by atoms with van der Waals surface area (Å²) in [5.41, 5.74) is 0.0177. The molecule has 0 aliphatic rings. The predicted octanol–water partition coefficient (Wildman–Crippen LogP) is -1.23. The average molecular weight is 259 g/mol. The van der Waals surface area contributed by atoms with Gasteiger partial charge in [0.2, 0.25) is 5.56 Å². The smallest absolute Gasteiger partial charge is 0.319 e. The Kier molecular flexibility index (Phi) is 2.95. The first-order valence-corrected chi connectivity index (χ1v) is 4.04. The first kappa shape index (κ1) is 11.8. The zero-order chi connectivity index (χ0) is 10.5. The molecular formula is C8H9N4O2Zn-. The number of imidazole rings is 1. The Morgan fingerprint density at radius 3 is 2.33 bits per heavy atom. The summed E-state index contributed by atoms with van der Waals surface area (Å²) in [7, 11) is 4.68. The molecule has 2 heterocycles. The fraction of sp³-hybridized carbons (Fsp3) is 0.375. The summed E-state index contributed by atoms with van der Waals surface area (Å²) in [6.07, 6.45) is 2.61. The Labute approximate surface area is 97.9 Å². The summed E-state index contributed by atoms with van der Waals surface area (Å²) in [6, 6.07) is 0. The van der Waals surface area contributed by atoms with E-state index in [0.717, 1.165) is 4.57 Å². The third-order valence-electron chi connectivity index (χ3n) is 2.25. The van der Waals surface area contributed by atoms with Gasteiger partial charge in [0.15, 0.2) is 0 Å². The van der Waals surface area contributed by atoms with Crippen LogP contribution in [0.4, 0.5) is 0 Å². The fourth-order valence-electron chi connectivity index (χ4n) is 1.41. The van der Waals surface area contributed by atoms with Crippen LogP contribution in [0.5, 0.6) is 0 Å². The zero-order valence-corrected chi connectivity index (χ0v) is 11.8. The second kappa shape index (κ2) is 3.73. The van der Waals surface area contributed by atoms with Crippen molar-refractivity contribution in [1.29, 1.82) is 0 Å². The summed E-state index contributed by atoms with van der Waals surface area (Å²) in [5.74, 6) is 0. The van der Waals surface area contributed by atoms with Crippen LogP contribution < -0.4 is 11.2 Å². The number of aryl methyl sites for hydroxylation is 2. The molecule has 2 rings (SSSR count). The van der Waals surface area contributed by atoms with E-state index in [2.05, 4.69) is 11.3 Å². The molecule has 0 atom stereocenters. The molecule has 0 bridgehead atoms. The van der Waals surface area contributed by atoms with E-state index in [1.54, 1.807) is 14.1 Å². The minimum Gasteiger partial charge on any atom is -0.444 e. The summed E-state index contributed by atoms with van der Waals surface area (Å²) in [4.78, 5) is 27.0. The van der Waals surface area contributed by atoms with Gasteiger partial charge in [-0.05, 0) is 12.6 Å². The van der Waals surface area contributed by atoms with Gasteiger partial charge >= 0.3 is 5.69 Å². The molecule has 6 nitrogen and oxygen atoms in total. The van der Waals surface area contributed by atoms with E-state index in [4.69, 9.17) is 0 Å². The molecule has 7 heteroatoms. The predicted molar refractivity (Wildman–Crippen MR) is 50.0 cm³/mol. The molecule has 0 aromatic carbocycles. The Morgan fingerprint density at radius 1 is 1.13 bits per heavy atom. The van der Waals surface area contributed by atoms with Crippen molar-refractivity contribution in [3.05, 3.63) is 27.2 Å². The molecule has 0 aliphatic carbocycles. The molecule has 0 saturated heterocycles. The molecule has 0 unspecified atom stereocenters. The largest absolute Gasteiger partial charge is 0.444 e. The van der Waals surface area contributed by atoms with E-state index >= 15 is 0 Å². The molecule has 0 aliphatic heterocycles. The van der Waals surface area contributed by atoms with Gasteiger partial charge in [0.25, 0.3) is 0 Å². The van der Waals surface area contributed by atoms with Crippen molar-refractivity contribution in [1.82, 2.24) is 18.7 Å². The van der Waals surface area contributed by atoms with E-state index in [9.17, 15) is 9.59 Å². The van der Waals surface area contributed by atoms with Gasteiger partial charge in [-0.25, -0.2) is 4.79 Å². The van der Waals surface area contributed by atoms with Crippen LogP contribution in [0.15, 0.2) is 9.59 Å². The van der Waals surface area contributed by atoms with Gasteiger partial charge in [-0.1, -0.05) is 0 Å². The van der Waals surface area contributed by atoms with E-state index in [-0.39, 0.29) is 30.7 Å². The molecule has 0 N–H and O–H groups in total. The van der Waals surface area contributed by atoms with E-state index in [1.807, 2.05) is 0 Å². The molecular weight excluding hydrogens is 250 g/mol. The summed E-state index contributed by atoms with van der Waals surface area (Å²) in [6.45, 7) is 0. The van der Waals surface area contributed by atoms with Crippen LogP contribution in [0, 0.1) is 6.33 Å². The van der Waals surface area contributed by atoms with E-state index in [0.29, 0.717) is 11.2 Å². The molecule has 0 spiro atoms. The van der Waals surface area contributed by atoms with Crippen LogP contribution in [0.2, 0.25) is 0 Å². The normalized spacial score (nSPS) is 10.3. The quantitative estimate of drug-likeness (QED) is 0.439. The number of aromatic nitrogens is 4. The Balaban J connectivity index is 0.00000112. The number of nitrogens with zero attached hydrogens (tertiary/aromatic N) is 4. The van der Waals surface area contributed by atoms with E-state index < -0.39 is 0 Å². The summed E-state index contributed by atoms with van der Waals surface area (Å²) in [5, 5.41) is 0. The topological polar surface area (TPSA) is 61.8 Å². The van der Waals surface area contributed by atoms with Gasteiger partial charge in [0.1, 0.15) is 0 Å². The molecule has 2 aromatic rings. The minimum atomic E-state index is -0.380.